The van der Waals surface area contributed by atoms with Crippen LogP contribution >= 0.6 is 0 Å². The summed E-state index contributed by atoms with van der Waals surface area (Å²) in [5.41, 5.74) is 0. The summed E-state index contributed by atoms with van der Waals surface area (Å²) in [6.07, 6.45) is 24.6. The van der Waals surface area contributed by atoms with Crippen molar-refractivity contribution in [1.29, 1.82) is 0 Å². The van der Waals surface area contributed by atoms with Crippen molar-refractivity contribution < 1.29 is 14.3 Å². The number of ether oxygens (including phenoxy) is 2. The number of carbonyl (C=O) groups excluding carboxylic acids is 1. The van der Waals surface area contributed by atoms with E-state index in [2.05, 4.69) is 18.8 Å². The summed E-state index contributed by atoms with van der Waals surface area (Å²) < 4.78 is 10.1. The predicted octanol–water partition coefficient (Wildman–Crippen LogP) is 7.91. The molecule has 0 atom stereocenters. The minimum Gasteiger partial charge on any atom is -0.502 e. The fraction of sp³-hybridized carbons (Fsp3) is 0.880. The summed E-state index contributed by atoms with van der Waals surface area (Å²) in [6, 6.07) is 0. The lowest BCUT2D eigenvalue weighted by molar-refractivity contribution is 0.139. The lowest BCUT2D eigenvalue weighted by Crippen LogP contribution is -2.25. The maximum Gasteiger partial charge on any atom is 0.407 e. The number of nitrogens with one attached hydrogen (secondary N) is 1. The van der Waals surface area contributed by atoms with Crippen LogP contribution in [-0.4, -0.2) is 25.9 Å². The molecule has 0 aromatic rings. The van der Waals surface area contributed by atoms with Crippen molar-refractivity contribution in [2.24, 2.45) is 0 Å². The van der Waals surface area contributed by atoms with Crippen molar-refractivity contribution in [3.05, 3.63) is 12.8 Å². The minimum absolute atomic E-state index is 0.296. The molecule has 0 aliphatic carbocycles. The van der Waals surface area contributed by atoms with Gasteiger partial charge in [0, 0.05) is 6.54 Å². The first-order valence-corrected chi connectivity index (χ1v) is 12.4. The molecule has 0 fully saturated rings. The highest BCUT2D eigenvalue weighted by Gasteiger charge is 2.00. The van der Waals surface area contributed by atoms with E-state index in [1.807, 2.05) is 0 Å². The quantitative estimate of drug-likeness (QED) is 0.137. The molecule has 0 radical (unpaired) electrons. The Kier molecular flexibility index (Phi) is 23.8. The second kappa shape index (κ2) is 24.8. The Bertz CT molecular complexity index is 347. The number of carbonyl (C=O) groups is 1. The third-order valence-electron chi connectivity index (χ3n) is 5.31. The highest BCUT2D eigenvalue weighted by Crippen LogP contribution is 2.13. The normalized spacial score (nSPS) is 10.7. The first-order chi connectivity index (χ1) is 14.3. The molecule has 1 N–H and O–H groups in total. The Morgan fingerprint density at radius 1 is 0.690 bits per heavy atom. The highest BCUT2D eigenvalue weighted by atomic mass is 16.5. The Morgan fingerprint density at radius 3 is 1.62 bits per heavy atom. The lowest BCUT2D eigenvalue weighted by atomic mass is 10.0. The zero-order chi connectivity index (χ0) is 21.3. The van der Waals surface area contributed by atoms with Crippen LogP contribution in [0.1, 0.15) is 122 Å². The molecular formula is C25H49NO3. The molecule has 1 amide bonds. The van der Waals surface area contributed by atoms with Crippen LogP contribution < -0.4 is 5.32 Å². The van der Waals surface area contributed by atoms with Crippen molar-refractivity contribution >= 4 is 6.09 Å². The SMILES string of the molecule is C=COCCCCOC(=O)NCCCCCCCCCCCCCCCCCC. The Balaban J connectivity index is 3.11. The first-order valence-electron chi connectivity index (χ1n) is 12.4. The molecule has 0 saturated heterocycles. The van der Waals surface area contributed by atoms with E-state index >= 15 is 0 Å². The molecule has 0 spiro atoms. The van der Waals surface area contributed by atoms with E-state index < -0.39 is 0 Å². The van der Waals surface area contributed by atoms with Crippen LogP contribution in [0, 0.1) is 0 Å². The largest absolute Gasteiger partial charge is 0.502 e. The monoisotopic (exact) mass is 411 g/mol. The van der Waals surface area contributed by atoms with Gasteiger partial charge in [0.25, 0.3) is 0 Å². The van der Waals surface area contributed by atoms with E-state index in [1.54, 1.807) is 0 Å². The van der Waals surface area contributed by atoms with E-state index in [0.29, 0.717) is 13.2 Å². The van der Waals surface area contributed by atoms with Crippen LogP contribution in [0.4, 0.5) is 4.79 Å². The third kappa shape index (κ3) is 24.8. The van der Waals surface area contributed by atoms with Crippen LogP contribution in [0.5, 0.6) is 0 Å². The summed E-state index contributed by atoms with van der Waals surface area (Å²) >= 11 is 0. The van der Waals surface area contributed by atoms with Gasteiger partial charge in [-0.1, -0.05) is 110 Å². The Hall–Kier alpha value is -1.19. The molecule has 0 unspecified atom stereocenters. The lowest BCUT2D eigenvalue weighted by Gasteiger charge is -2.07. The zero-order valence-corrected chi connectivity index (χ0v) is 19.4. The topological polar surface area (TPSA) is 47.6 Å². The van der Waals surface area contributed by atoms with Gasteiger partial charge >= 0.3 is 6.09 Å². The smallest absolute Gasteiger partial charge is 0.407 e. The van der Waals surface area contributed by atoms with Gasteiger partial charge in [0.2, 0.25) is 0 Å². The fourth-order valence-electron chi connectivity index (χ4n) is 3.45. The number of rotatable bonds is 23. The molecule has 0 heterocycles. The van der Waals surface area contributed by atoms with Gasteiger partial charge in [-0.3, -0.25) is 0 Å². The van der Waals surface area contributed by atoms with Crippen LogP contribution in [0.25, 0.3) is 0 Å². The zero-order valence-electron chi connectivity index (χ0n) is 19.4. The summed E-state index contributed by atoms with van der Waals surface area (Å²) in [5.74, 6) is 0. The average Bonchev–Trinajstić information content (AvgIpc) is 2.73. The average molecular weight is 412 g/mol. The van der Waals surface area contributed by atoms with Gasteiger partial charge in [0.05, 0.1) is 19.5 Å². The van der Waals surface area contributed by atoms with Crippen molar-refractivity contribution in [3.8, 4) is 0 Å². The fourth-order valence-corrected chi connectivity index (χ4v) is 3.45. The van der Waals surface area contributed by atoms with Gasteiger partial charge in [0.15, 0.2) is 0 Å². The van der Waals surface area contributed by atoms with Crippen molar-refractivity contribution in [2.75, 3.05) is 19.8 Å². The number of alkyl carbamates (subject to hydrolysis) is 1. The molecule has 0 aliphatic rings. The van der Waals surface area contributed by atoms with Gasteiger partial charge in [-0.2, -0.15) is 0 Å². The Labute approximate surface area is 181 Å². The first kappa shape index (κ1) is 27.8. The van der Waals surface area contributed by atoms with Gasteiger partial charge in [0.1, 0.15) is 0 Å². The van der Waals surface area contributed by atoms with Crippen molar-refractivity contribution in [3.63, 3.8) is 0 Å². The molecule has 0 bridgehead atoms. The molecule has 4 nitrogen and oxygen atoms in total. The molecule has 172 valence electrons. The molecule has 0 rings (SSSR count). The summed E-state index contributed by atoms with van der Waals surface area (Å²) in [5, 5.41) is 2.83. The van der Waals surface area contributed by atoms with E-state index in [1.165, 1.54) is 103 Å². The molecule has 0 aliphatic heterocycles. The standard InChI is InChI=1S/C25H49NO3/c1-3-5-6-7-8-9-10-11-12-13-14-15-16-17-18-19-22-26-25(27)29-24-21-20-23-28-4-2/h4H,2-3,5-24H2,1H3,(H,26,27). The second-order valence-electron chi connectivity index (χ2n) is 8.11. The number of amides is 1. The number of hydrogen-bond acceptors (Lipinski definition) is 3. The molecular weight excluding hydrogens is 362 g/mol. The molecule has 4 heteroatoms. The van der Waals surface area contributed by atoms with E-state index in [-0.39, 0.29) is 6.09 Å². The van der Waals surface area contributed by atoms with Gasteiger partial charge < -0.3 is 14.8 Å². The summed E-state index contributed by atoms with van der Waals surface area (Å²) in [7, 11) is 0. The third-order valence-corrected chi connectivity index (χ3v) is 5.31. The van der Waals surface area contributed by atoms with E-state index in [9.17, 15) is 4.79 Å². The molecule has 0 aromatic heterocycles. The van der Waals surface area contributed by atoms with Gasteiger partial charge in [-0.15, -0.1) is 0 Å². The predicted molar refractivity (Wildman–Crippen MR) is 124 cm³/mol. The van der Waals surface area contributed by atoms with Crippen LogP contribution in [0.3, 0.4) is 0 Å². The minimum atomic E-state index is -0.296. The Morgan fingerprint density at radius 2 is 1.14 bits per heavy atom. The van der Waals surface area contributed by atoms with Crippen molar-refractivity contribution in [1.82, 2.24) is 5.32 Å². The summed E-state index contributed by atoms with van der Waals surface area (Å²) in [4.78, 5) is 11.5. The maximum absolute atomic E-state index is 11.5. The van der Waals surface area contributed by atoms with Crippen LogP contribution in [0.15, 0.2) is 12.8 Å². The number of unbranched alkanes of at least 4 members (excludes halogenated alkanes) is 16. The van der Waals surface area contributed by atoms with E-state index in [0.717, 1.165) is 25.8 Å². The van der Waals surface area contributed by atoms with Crippen LogP contribution in [-0.2, 0) is 9.47 Å². The van der Waals surface area contributed by atoms with Gasteiger partial charge in [-0.25, -0.2) is 4.79 Å². The van der Waals surface area contributed by atoms with Gasteiger partial charge in [-0.05, 0) is 19.3 Å². The molecule has 29 heavy (non-hydrogen) atoms. The highest BCUT2D eigenvalue weighted by molar-refractivity contribution is 5.66. The number of hydrogen-bond donors (Lipinski definition) is 1. The maximum atomic E-state index is 11.5. The molecule has 0 aromatic carbocycles. The van der Waals surface area contributed by atoms with E-state index in [4.69, 9.17) is 9.47 Å². The summed E-state index contributed by atoms with van der Waals surface area (Å²) in [6.45, 7) is 7.57. The molecule has 0 saturated carbocycles. The van der Waals surface area contributed by atoms with Crippen LogP contribution in [0.2, 0.25) is 0 Å². The van der Waals surface area contributed by atoms with Crippen molar-refractivity contribution in [2.45, 2.75) is 122 Å². The second-order valence-corrected chi connectivity index (χ2v) is 8.11.